The van der Waals surface area contributed by atoms with E-state index < -0.39 is 10.0 Å². The van der Waals surface area contributed by atoms with Gasteiger partial charge in [0.05, 0.1) is 31.7 Å². The molecule has 0 aliphatic carbocycles. The predicted octanol–water partition coefficient (Wildman–Crippen LogP) is 2.50. The fraction of sp³-hybridized carbons (Fsp3) is 0.500. The Labute approximate surface area is 185 Å². The SMILES string of the molecule is CCCCN(CC(=O)N(CCOC)Cc1cccn1C)S(=O)(=O)c1ccc(OC)cc1. The summed E-state index contributed by atoms with van der Waals surface area (Å²) in [5.41, 5.74) is 0.961. The first-order valence-corrected chi connectivity index (χ1v) is 11.8. The molecule has 1 aromatic heterocycles. The van der Waals surface area contributed by atoms with Gasteiger partial charge in [-0.15, -0.1) is 0 Å². The van der Waals surface area contributed by atoms with Crippen molar-refractivity contribution in [2.75, 3.05) is 40.5 Å². The summed E-state index contributed by atoms with van der Waals surface area (Å²) in [5, 5.41) is 0. The maximum absolute atomic E-state index is 13.3. The molecule has 0 unspecified atom stereocenters. The van der Waals surface area contributed by atoms with Crippen LogP contribution in [-0.4, -0.2) is 68.6 Å². The summed E-state index contributed by atoms with van der Waals surface area (Å²) in [6.45, 7) is 3.18. The number of rotatable bonds is 13. The normalized spacial score (nSPS) is 11.6. The molecule has 0 aliphatic heterocycles. The number of sulfonamides is 1. The molecule has 31 heavy (non-hydrogen) atoms. The Morgan fingerprint density at radius 1 is 1.10 bits per heavy atom. The first-order valence-electron chi connectivity index (χ1n) is 10.3. The Bertz CT molecular complexity index is 925. The minimum absolute atomic E-state index is 0.142. The van der Waals surface area contributed by atoms with Gasteiger partial charge in [0.25, 0.3) is 0 Å². The van der Waals surface area contributed by atoms with E-state index >= 15 is 0 Å². The zero-order chi connectivity index (χ0) is 22.9. The number of hydrogen-bond acceptors (Lipinski definition) is 5. The Balaban J connectivity index is 2.24. The first-order chi connectivity index (χ1) is 14.8. The van der Waals surface area contributed by atoms with Gasteiger partial charge in [-0.1, -0.05) is 13.3 Å². The molecule has 1 aromatic carbocycles. The summed E-state index contributed by atoms with van der Waals surface area (Å²) in [5.74, 6) is 0.315. The first kappa shape index (κ1) is 24.9. The lowest BCUT2D eigenvalue weighted by atomic mass is 10.3. The van der Waals surface area contributed by atoms with Gasteiger partial charge in [-0.25, -0.2) is 8.42 Å². The highest BCUT2D eigenvalue weighted by molar-refractivity contribution is 7.89. The van der Waals surface area contributed by atoms with Crippen molar-refractivity contribution in [3.8, 4) is 5.75 Å². The molecule has 1 amide bonds. The molecule has 0 fully saturated rings. The summed E-state index contributed by atoms with van der Waals surface area (Å²) < 4.78 is 40.0. The summed E-state index contributed by atoms with van der Waals surface area (Å²) in [6.07, 6.45) is 3.40. The molecule has 0 N–H and O–H groups in total. The van der Waals surface area contributed by atoms with Gasteiger partial charge in [-0.3, -0.25) is 4.79 Å². The topological polar surface area (TPSA) is 81.1 Å². The van der Waals surface area contributed by atoms with Crippen LogP contribution in [0.4, 0.5) is 0 Å². The average molecular weight is 452 g/mol. The van der Waals surface area contributed by atoms with Crippen molar-refractivity contribution < 1.29 is 22.7 Å². The number of unbranched alkanes of at least 4 members (excludes halogenated alkanes) is 1. The van der Waals surface area contributed by atoms with E-state index in [4.69, 9.17) is 9.47 Å². The summed E-state index contributed by atoms with van der Waals surface area (Å²) >= 11 is 0. The van der Waals surface area contributed by atoms with E-state index in [1.165, 1.54) is 23.5 Å². The van der Waals surface area contributed by atoms with Crippen molar-refractivity contribution in [1.82, 2.24) is 13.8 Å². The monoisotopic (exact) mass is 451 g/mol. The van der Waals surface area contributed by atoms with E-state index in [1.54, 1.807) is 24.1 Å². The van der Waals surface area contributed by atoms with Crippen molar-refractivity contribution >= 4 is 15.9 Å². The zero-order valence-electron chi connectivity index (χ0n) is 18.8. The lowest BCUT2D eigenvalue weighted by Gasteiger charge is -2.27. The number of amides is 1. The second-order valence-electron chi connectivity index (χ2n) is 7.29. The minimum atomic E-state index is -3.82. The van der Waals surface area contributed by atoms with Crippen molar-refractivity contribution in [3.05, 3.63) is 48.3 Å². The van der Waals surface area contributed by atoms with Crippen LogP contribution < -0.4 is 4.74 Å². The quantitative estimate of drug-likeness (QED) is 0.467. The smallest absolute Gasteiger partial charge is 0.243 e. The summed E-state index contributed by atoms with van der Waals surface area (Å²) in [7, 11) is 1.19. The molecule has 1 heterocycles. The molecule has 0 radical (unpaired) electrons. The molecule has 8 nitrogen and oxygen atoms in total. The number of hydrogen-bond donors (Lipinski definition) is 0. The van der Waals surface area contributed by atoms with E-state index in [-0.39, 0.29) is 23.9 Å². The molecule has 172 valence electrons. The number of nitrogens with zero attached hydrogens (tertiary/aromatic N) is 3. The van der Waals surface area contributed by atoms with Crippen molar-refractivity contribution in [3.63, 3.8) is 0 Å². The molecule has 2 rings (SSSR count). The van der Waals surface area contributed by atoms with Gasteiger partial charge in [0.15, 0.2) is 0 Å². The highest BCUT2D eigenvalue weighted by Crippen LogP contribution is 2.20. The Hall–Kier alpha value is -2.36. The minimum Gasteiger partial charge on any atom is -0.497 e. The molecule has 0 aliphatic rings. The van der Waals surface area contributed by atoms with E-state index in [0.717, 1.165) is 12.1 Å². The van der Waals surface area contributed by atoms with Crippen LogP contribution in [0.25, 0.3) is 0 Å². The third kappa shape index (κ3) is 6.81. The van der Waals surface area contributed by atoms with Crippen LogP contribution in [0.3, 0.4) is 0 Å². The zero-order valence-corrected chi connectivity index (χ0v) is 19.6. The number of ether oxygens (including phenoxy) is 2. The van der Waals surface area contributed by atoms with E-state index in [1.807, 2.05) is 36.9 Å². The maximum Gasteiger partial charge on any atom is 0.243 e. The molecular formula is C22H33N3O5S. The molecule has 0 saturated heterocycles. The number of benzene rings is 1. The second kappa shape index (κ2) is 11.9. The predicted molar refractivity (Wildman–Crippen MR) is 119 cm³/mol. The molecule has 0 bridgehead atoms. The highest BCUT2D eigenvalue weighted by atomic mass is 32.2. The van der Waals surface area contributed by atoms with Crippen LogP contribution in [0, 0.1) is 0 Å². The van der Waals surface area contributed by atoms with Crippen LogP contribution in [0.1, 0.15) is 25.5 Å². The number of aryl methyl sites for hydroxylation is 1. The second-order valence-corrected chi connectivity index (χ2v) is 9.22. The van der Waals surface area contributed by atoms with E-state index in [2.05, 4.69) is 0 Å². The Kier molecular flexibility index (Phi) is 9.54. The Morgan fingerprint density at radius 3 is 2.35 bits per heavy atom. The number of carbonyl (C=O) groups excluding carboxylic acids is 1. The molecule has 2 aromatic rings. The molecular weight excluding hydrogens is 418 g/mol. The van der Waals surface area contributed by atoms with E-state index in [0.29, 0.717) is 31.9 Å². The van der Waals surface area contributed by atoms with Gasteiger partial charge in [0.1, 0.15) is 5.75 Å². The molecule has 9 heteroatoms. The van der Waals surface area contributed by atoms with Gasteiger partial charge in [-0.2, -0.15) is 4.31 Å². The van der Waals surface area contributed by atoms with Crippen LogP contribution >= 0.6 is 0 Å². The van der Waals surface area contributed by atoms with Gasteiger partial charge in [0.2, 0.25) is 15.9 Å². The summed E-state index contributed by atoms with van der Waals surface area (Å²) in [6, 6.07) is 10.1. The number of carbonyl (C=O) groups is 1. The van der Waals surface area contributed by atoms with Crippen molar-refractivity contribution in [1.29, 1.82) is 0 Å². The maximum atomic E-state index is 13.3. The number of methoxy groups -OCH3 is 2. The van der Waals surface area contributed by atoms with Crippen molar-refractivity contribution in [2.24, 2.45) is 7.05 Å². The lowest BCUT2D eigenvalue weighted by molar-refractivity contribution is -0.132. The largest absolute Gasteiger partial charge is 0.497 e. The molecule has 0 spiro atoms. The third-order valence-electron chi connectivity index (χ3n) is 5.09. The molecule has 0 atom stereocenters. The van der Waals surface area contributed by atoms with Gasteiger partial charge >= 0.3 is 0 Å². The van der Waals surface area contributed by atoms with E-state index in [9.17, 15) is 13.2 Å². The third-order valence-corrected chi connectivity index (χ3v) is 6.95. The summed E-state index contributed by atoms with van der Waals surface area (Å²) in [4.78, 5) is 15.0. The fourth-order valence-electron chi connectivity index (χ4n) is 3.12. The number of aromatic nitrogens is 1. The van der Waals surface area contributed by atoms with Gasteiger partial charge in [-0.05, 0) is 42.8 Å². The fourth-order valence-corrected chi connectivity index (χ4v) is 4.54. The molecule has 0 saturated carbocycles. The highest BCUT2D eigenvalue weighted by Gasteiger charge is 2.28. The van der Waals surface area contributed by atoms with Gasteiger partial charge in [0, 0.05) is 39.1 Å². The average Bonchev–Trinajstić information content (AvgIpc) is 3.18. The van der Waals surface area contributed by atoms with Crippen LogP contribution in [0.15, 0.2) is 47.5 Å². The van der Waals surface area contributed by atoms with Crippen LogP contribution in [0.2, 0.25) is 0 Å². The van der Waals surface area contributed by atoms with Crippen molar-refractivity contribution in [2.45, 2.75) is 31.2 Å². The van der Waals surface area contributed by atoms with Crippen LogP contribution in [0.5, 0.6) is 5.75 Å². The van der Waals surface area contributed by atoms with Gasteiger partial charge < -0.3 is 18.9 Å². The standard InChI is InChI=1S/C22H33N3O5S/c1-5-6-14-25(31(27,28)21-11-9-20(30-4)10-12-21)18-22(26)24(15-16-29-3)17-19-8-7-13-23(19)2/h7-13H,5-6,14-18H2,1-4H3. The van der Waals surface area contributed by atoms with Crippen LogP contribution in [-0.2, 0) is 33.1 Å². The lowest BCUT2D eigenvalue weighted by Crippen LogP contribution is -2.44. The Morgan fingerprint density at radius 2 is 1.81 bits per heavy atom.